The lowest BCUT2D eigenvalue weighted by Gasteiger charge is -2.19. The molecule has 0 amide bonds. The number of benzene rings is 1. The topological polar surface area (TPSA) is 12.0 Å². The molecule has 1 nitrogen and oxygen atoms in total. The number of rotatable bonds is 5. The van der Waals surface area contributed by atoms with Gasteiger partial charge in [-0.2, -0.15) is 0 Å². The smallest absolute Gasteiger partial charge is 0.0330 e. The monoisotopic (exact) mass is 381 g/mol. The van der Waals surface area contributed by atoms with Crippen LogP contribution < -0.4 is 5.32 Å². The molecule has 15 heavy (non-hydrogen) atoms. The fraction of sp³-hybridized carbons (Fsp3) is 0.500. The van der Waals surface area contributed by atoms with Gasteiger partial charge in [0.05, 0.1) is 0 Å². The minimum atomic E-state index is 0.490. The molecular formula is C12H17BrIN. The third-order valence-electron chi connectivity index (χ3n) is 2.36. The van der Waals surface area contributed by atoms with Gasteiger partial charge in [0.25, 0.3) is 0 Å². The first kappa shape index (κ1) is 13.5. The van der Waals surface area contributed by atoms with Crippen LogP contribution in [0.3, 0.4) is 0 Å². The summed E-state index contributed by atoms with van der Waals surface area (Å²) in [4.78, 5) is 0. The number of hydrogen-bond donors (Lipinski definition) is 1. The predicted octanol–water partition coefficient (Wildman–Crippen LogP) is 4.50. The maximum atomic E-state index is 3.54. The Bertz CT molecular complexity index is 308. The molecule has 0 aromatic heterocycles. The van der Waals surface area contributed by atoms with Crippen molar-refractivity contribution in [3.63, 3.8) is 0 Å². The van der Waals surface area contributed by atoms with Crippen molar-refractivity contribution in [2.45, 2.75) is 32.7 Å². The molecule has 1 unspecified atom stereocenters. The van der Waals surface area contributed by atoms with Crippen LogP contribution in [0.5, 0.6) is 0 Å². The average molecular weight is 382 g/mol. The molecule has 1 N–H and O–H groups in total. The van der Waals surface area contributed by atoms with Crippen LogP contribution in [0, 0.1) is 3.57 Å². The highest BCUT2D eigenvalue weighted by Gasteiger charge is 2.12. The lowest BCUT2D eigenvalue weighted by molar-refractivity contribution is 0.507. The fourth-order valence-electron chi connectivity index (χ4n) is 1.68. The van der Waals surface area contributed by atoms with Gasteiger partial charge in [-0.1, -0.05) is 36.2 Å². The van der Waals surface area contributed by atoms with E-state index in [0.29, 0.717) is 6.04 Å². The van der Waals surface area contributed by atoms with Gasteiger partial charge in [-0.05, 0) is 59.3 Å². The third kappa shape index (κ3) is 4.04. The molecule has 0 aliphatic heterocycles. The van der Waals surface area contributed by atoms with Gasteiger partial charge in [0.2, 0.25) is 0 Å². The molecule has 0 radical (unpaired) electrons. The Kier molecular flexibility index (Phi) is 6.16. The van der Waals surface area contributed by atoms with Crippen LogP contribution >= 0.6 is 38.5 Å². The first-order valence-corrected chi connectivity index (χ1v) is 7.24. The van der Waals surface area contributed by atoms with Crippen molar-refractivity contribution in [3.8, 4) is 0 Å². The zero-order valence-electron chi connectivity index (χ0n) is 9.19. The third-order valence-corrected chi connectivity index (χ3v) is 3.84. The minimum Gasteiger partial charge on any atom is -0.310 e. The van der Waals surface area contributed by atoms with Gasteiger partial charge in [0, 0.05) is 14.1 Å². The summed E-state index contributed by atoms with van der Waals surface area (Å²) in [5, 5.41) is 3.54. The summed E-state index contributed by atoms with van der Waals surface area (Å²) < 4.78 is 2.51. The summed E-state index contributed by atoms with van der Waals surface area (Å²) >= 11 is 5.95. The highest BCUT2D eigenvalue weighted by Crippen LogP contribution is 2.26. The molecule has 0 saturated carbocycles. The van der Waals surface area contributed by atoms with Crippen LogP contribution in [0.25, 0.3) is 0 Å². The van der Waals surface area contributed by atoms with Crippen molar-refractivity contribution >= 4 is 38.5 Å². The molecule has 1 rings (SSSR count). The fourth-order valence-corrected chi connectivity index (χ4v) is 2.77. The number of halogens is 2. The molecule has 0 heterocycles. The highest BCUT2D eigenvalue weighted by atomic mass is 127. The lowest BCUT2D eigenvalue weighted by Crippen LogP contribution is -2.21. The Morgan fingerprint density at radius 2 is 2.13 bits per heavy atom. The van der Waals surface area contributed by atoms with Crippen molar-refractivity contribution in [2.75, 3.05) is 6.54 Å². The zero-order chi connectivity index (χ0) is 11.3. The van der Waals surface area contributed by atoms with Crippen molar-refractivity contribution in [1.29, 1.82) is 0 Å². The number of nitrogens with one attached hydrogen (secondary N) is 1. The van der Waals surface area contributed by atoms with Gasteiger partial charge >= 0.3 is 0 Å². The first-order valence-electron chi connectivity index (χ1n) is 5.37. The van der Waals surface area contributed by atoms with Crippen molar-refractivity contribution in [2.24, 2.45) is 0 Å². The summed E-state index contributed by atoms with van der Waals surface area (Å²) in [5.41, 5.74) is 1.41. The molecule has 1 aromatic carbocycles. The first-order chi connectivity index (χ1) is 7.19. The molecule has 0 aliphatic carbocycles. The number of hydrogen-bond acceptors (Lipinski definition) is 1. The van der Waals surface area contributed by atoms with E-state index < -0.39 is 0 Å². The Hall–Kier alpha value is 0.390. The van der Waals surface area contributed by atoms with Crippen molar-refractivity contribution in [3.05, 3.63) is 31.8 Å². The molecule has 0 bridgehead atoms. The van der Waals surface area contributed by atoms with E-state index in [-0.39, 0.29) is 0 Å². The maximum absolute atomic E-state index is 3.54. The Balaban J connectivity index is 2.93. The van der Waals surface area contributed by atoms with E-state index >= 15 is 0 Å². The SMILES string of the molecule is CCCC(NCC)c1cc(Br)ccc1I. The van der Waals surface area contributed by atoms with Crippen molar-refractivity contribution < 1.29 is 0 Å². The molecule has 0 aliphatic rings. The molecule has 84 valence electrons. The van der Waals surface area contributed by atoms with E-state index in [4.69, 9.17) is 0 Å². The van der Waals surface area contributed by atoms with Crippen LogP contribution in [-0.4, -0.2) is 6.54 Å². The van der Waals surface area contributed by atoms with Crippen LogP contribution in [0.2, 0.25) is 0 Å². The molecule has 1 atom stereocenters. The summed E-state index contributed by atoms with van der Waals surface area (Å²) in [7, 11) is 0. The van der Waals surface area contributed by atoms with Crippen LogP contribution in [0.15, 0.2) is 22.7 Å². The van der Waals surface area contributed by atoms with Gasteiger partial charge in [-0.3, -0.25) is 0 Å². The molecular weight excluding hydrogens is 365 g/mol. The summed E-state index contributed by atoms with van der Waals surface area (Å²) in [5.74, 6) is 0. The Morgan fingerprint density at radius 3 is 2.73 bits per heavy atom. The molecule has 0 fully saturated rings. The van der Waals surface area contributed by atoms with E-state index in [0.717, 1.165) is 11.0 Å². The van der Waals surface area contributed by atoms with Crippen LogP contribution in [-0.2, 0) is 0 Å². The zero-order valence-corrected chi connectivity index (χ0v) is 12.9. The highest BCUT2D eigenvalue weighted by molar-refractivity contribution is 14.1. The molecule has 1 aromatic rings. The van der Waals surface area contributed by atoms with E-state index in [2.05, 4.69) is 75.9 Å². The quantitative estimate of drug-likeness (QED) is 0.740. The Labute approximate surface area is 114 Å². The van der Waals surface area contributed by atoms with Gasteiger partial charge in [-0.25, -0.2) is 0 Å². The van der Waals surface area contributed by atoms with E-state index in [9.17, 15) is 0 Å². The summed E-state index contributed by atoms with van der Waals surface area (Å²) in [6.07, 6.45) is 2.40. The predicted molar refractivity (Wildman–Crippen MR) is 78.2 cm³/mol. The lowest BCUT2D eigenvalue weighted by atomic mass is 10.0. The second-order valence-corrected chi connectivity index (χ2v) is 5.64. The standard InChI is InChI=1S/C12H17BrIN/c1-3-5-12(15-4-2)10-8-9(13)6-7-11(10)14/h6-8,12,15H,3-5H2,1-2H3. The van der Waals surface area contributed by atoms with E-state index in [1.54, 1.807) is 0 Å². The van der Waals surface area contributed by atoms with Gasteiger partial charge < -0.3 is 5.32 Å². The molecule has 0 spiro atoms. The summed E-state index contributed by atoms with van der Waals surface area (Å²) in [6.45, 7) is 5.41. The largest absolute Gasteiger partial charge is 0.310 e. The van der Waals surface area contributed by atoms with Gasteiger partial charge in [0.1, 0.15) is 0 Å². The van der Waals surface area contributed by atoms with Gasteiger partial charge in [-0.15, -0.1) is 0 Å². The molecule has 3 heteroatoms. The normalized spacial score (nSPS) is 12.8. The van der Waals surface area contributed by atoms with Crippen LogP contribution in [0.1, 0.15) is 38.3 Å². The van der Waals surface area contributed by atoms with Crippen molar-refractivity contribution in [1.82, 2.24) is 5.32 Å². The minimum absolute atomic E-state index is 0.490. The Morgan fingerprint density at radius 1 is 1.40 bits per heavy atom. The van der Waals surface area contributed by atoms with E-state index in [1.807, 2.05) is 0 Å². The second kappa shape index (κ2) is 6.86. The average Bonchev–Trinajstić information content (AvgIpc) is 2.21. The van der Waals surface area contributed by atoms with Crippen LogP contribution in [0.4, 0.5) is 0 Å². The van der Waals surface area contributed by atoms with E-state index in [1.165, 1.54) is 22.0 Å². The second-order valence-electron chi connectivity index (χ2n) is 3.56. The summed E-state index contributed by atoms with van der Waals surface area (Å²) in [6, 6.07) is 6.98. The maximum Gasteiger partial charge on any atom is 0.0330 e. The van der Waals surface area contributed by atoms with Gasteiger partial charge in [0.15, 0.2) is 0 Å². The molecule has 0 saturated heterocycles.